The van der Waals surface area contributed by atoms with Crippen LogP contribution in [0, 0.1) is 18.7 Å². The molecule has 116 valence electrons. The number of rotatable bonds is 5. The van der Waals surface area contributed by atoms with Crippen LogP contribution in [-0.4, -0.2) is 23.1 Å². The summed E-state index contributed by atoms with van der Waals surface area (Å²) < 4.78 is 13.5. The van der Waals surface area contributed by atoms with Crippen LogP contribution in [0.4, 0.5) is 14.9 Å². The molecule has 0 spiro atoms. The Morgan fingerprint density at radius 1 is 1.38 bits per heavy atom. The third-order valence-corrected chi connectivity index (χ3v) is 3.43. The van der Waals surface area contributed by atoms with Gasteiger partial charge in [-0.05, 0) is 52.9 Å². The van der Waals surface area contributed by atoms with Gasteiger partial charge in [0, 0.05) is 5.69 Å². The molecule has 0 radical (unpaired) electrons. The fourth-order valence-corrected chi connectivity index (χ4v) is 2.13. The molecule has 0 saturated heterocycles. The fraction of sp³-hybridized carbons (Fsp3) is 0.429. The second-order valence-electron chi connectivity index (χ2n) is 5.20. The van der Waals surface area contributed by atoms with E-state index in [2.05, 4.69) is 26.6 Å². The van der Waals surface area contributed by atoms with E-state index < -0.39 is 23.9 Å². The first kappa shape index (κ1) is 17.4. The molecule has 7 heteroatoms. The summed E-state index contributed by atoms with van der Waals surface area (Å²) in [5.41, 5.74) is 0.955. The molecular weight excluding hydrogens is 343 g/mol. The zero-order valence-corrected chi connectivity index (χ0v) is 13.6. The smallest absolute Gasteiger partial charge is 0.326 e. The van der Waals surface area contributed by atoms with Crippen molar-refractivity contribution in [3.05, 3.63) is 28.0 Å². The normalized spacial score (nSPS) is 12.1. The lowest BCUT2D eigenvalue weighted by atomic mass is 10.0. The van der Waals surface area contributed by atoms with Gasteiger partial charge in [0.25, 0.3) is 0 Å². The first-order chi connectivity index (χ1) is 9.70. The van der Waals surface area contributed by atoms with Crippen LogP contribution >= 0.6 is 15.9 Å². The number of halogens is 2. The molecule has 0 aliphatic rings. The van der Waals surface area contributed by atoms with E-state index in [9.17, 15) is 14.0 Å². The lowest BCUT2D eigenvalue weighted by molar-refractivity contribution is -0.139. The zero-order valence-electron chi connectivity index (χ0n) is 12.0. The summed E-state index contributed by atoms with van der Waals surface area (Å²) in [6.07, 6.45) is 0.328. The van der Waals surface area contributed by atoms with Crippen molar-refractivity contribution in [2.45, 2.75) is 33.2 Å². The number of hydrogen-bond donors (Lipinski definition) is 3. The van der Waals surface area contributed by atoms with E-state index in [0.717, 1.165) is 0 Å². The standard InChI is InChI=1S/C14H18BrFN2O3/c1-7(2)4-12(13(19)20)18-14(21)17-11-6-9(15)10(16)5-8(11)3/h5-7,12H,4H2,1-3H3,(H,19,20)(H2,17,18,21)/t12-/m1/s1. The van der Waals surface area contributed by atoms with E-state index in [0.29, 0.717) is 17.7 Å². The highest BCUT2D eigenvalue weighted by Crippen LogP contribution is 2.24. The number of carbonyl (C=O) groups is 2. The van der Waals surface area contributed by atoms with Gasteiger partial charge < -0.3 is 15.7 Å². The quantitative estimate of drug-likeness (QED) is 0.751. The van der Waals surface area contributed by atoms with Crippen LogP contribution in [0.5, 0.6) is 0 Å². The molecule has 0 unspecified atom stereocenters. The summed E-state index contributed by atoms with van der Waals surface area (Å²) in [5, 5.41) is 14.0. The molecule has 3 N–H and O–H groups in total. The average molecular weight is 361 g/mol. The van der Waals surface area contributed by atoms with Gasteiger partial charge in [0.05, 0.1) is 4.47 Å². The Labute approximate surface area is 131 Å². The Balaban J connectivity index is 2.77. The molecule has 1 aromatic rings. The number of hydrogen-bond acceptors (Lipinski definition) is 2. The van der Waals surface area contributed by atoms with Crippen LogP contribution < -0.4 is 10.6 Å². The molecule has 0 aliphatic heterocycles. The second-order valence-corrected chi connectivity index (χ2v) is 6.05. The van der Waals surface area contributed by atoms with E-state index in [-0.39, 0.29) is 10.4 Å². The number of urea groups is 1. The minimum absolute atomic E-state index is 0.133. The van der Waals surface area contributed by atoms with E-state index in [1.54, 1.807) is 6.92 Å². The van der Waals surface area contributed by atoms with Gasteiger partial charge in [-0.15, -0.1) is 0 Å². The van der Waals surface area contributed by atoms with Crippen LogP contribution in [-0.2, 0) is 4.79 Å². The molecule has 0 heterocycles. The van der Waals surface area contributed by atoms with Crippen LogP contribution in [0.1, 0.15) is 25.8 Å². The van der Waals surface area contributed by atoms with Gasteiger partial charge in [0.2, 0.25) is 0 Å². The molecule has 1 atom stereocenters. The maximum absolute atomic E-state index is 13.3. The molecule has 1 aromatic carbocycles. The minimum atomic E-state index is -1.09. The van der Waals surface area contributed by atoms with Crippen molar-refractivity contribution in [2.75, 3.05) is 5.32 Å². The van der Waals surface area contributed by atoms with Gasteiger partial charge in [-0.3, -0.25) is 0 Å². The minimum Gasteiger partial charge on any atom is -0.480 e. The molecule has 0 aromatic heterocycles. The molecular formula is C14H18BrFN2O3. The monoisotopic (exact) mass is 360 g/mol. The molecule has 0 saturated carbocycles. The maximum atomic E-state index is 13.3. The highest BCUT2D eigenvalue weighted by atomic mass is 79.9. The van der Waals surface area contributed by atoms with Crippen LogP contribution in [0.25, 0.3) is 0 Å². The SMILES string of the molecule is Cc1cc(F)c(Br)cc1NC(=O)N[C@H](CC(C)C)C(=O)O. The predicted molar refractivity (Wildman–Crippen MR) is 81.9 cm³/mol. The molecule has 21 heavy (non-hydrogen) atoms. The Bertz CT molecular complexity index is 549. The number of amides is 2. The fourth-order valence-electron chi connectivity index (χ4n) is 1.79. The maximum Gasteiger partial charge on any atom is 0.326 e. The molecule has 2 amide bonds. The number of nitrogens with one attached hydrogen (secondary N) is 2. The summed E-state index contributed by atoms with van der Waals surface area (Å²) in [6.45, 7) is 5.39. The number of carboxylic acid groups (broad SMARTS) is 1. The van der Waals surface area contributed by atoms with Crippen molar-refractivity contribution in [3.63, 3.8) is 0 Å². The largest absolute Gasteiger partial charge is 0.480 e. The second kappa shape index (κ2) is 7.40. The first-order valence-corrected chi connectivity index (χ1v) is 7.26. The van der Waals surface area contributed by atoms with Crippen molar-refractivity contribution in [3.8, 4) is 0 Å². The van der Waals surface area contributed by atoms with Gasteiger partial charge in [0.15, 0.2) is 0 Å². The number of carbonyl (C=O) groups excluding carboxylic acids is 1. The molecule has 0 fully saturated rings. The van der Waals surface area contributed by atoms with E-state index in [1.165, 1.54) is 12.1 Å². The van der Waals surface area contributed by atoms with Gasteiger partial charge in [-0.1, -0.05) is 13.8 Å². The third-order valence-electron chi connectivity index (χ3n) is 2.83. The molecule has 0 bridgehead atoms. The number of anilines is 1. The lowest BCUT2D eigenvalue weighted by Gasteiger charge is -2.17. The van der Waals surface area contributed by atoms with Gasteiger partial charge in [0.1, 0.15) is 11.9 Å². The van der Waals surface area contributed by atoms with Crippen LogP contribution in [0.15, 0.2) is 16.6 Å². The predicted octanol–water partition coefficient (Wildman–Crippen LogP) is 3.52. The third kappa shape index (κ3) is 5.34. The Morgan fingerprint density at radius 2 is 2.00 bits per heavy atom. The number of aryl methyl sites for hydroxylation is 1. The van der Waals surface area contributed by atoms with Crippen molar-refractivity contribution in [2.24, 2.45) is 5.92 Å². The van der Waals surface area contributed by atoms with Gasteiger partial charge >= 0.3 is 12.0 Å². The lowest BCUT2D eigenvalue weighted by Crippen LogP contribution is -2.43. The highest BCUT2D eigenvalue weighted by Gasteiger charge is 2.21. The number of carboxylic acids is 1. The van der Waals surface area contributed by atoms with Crippen LogP contribution in [0.3, 0.4) is 0 Å². The van der Waals surface area contributed by atoms with Crippen molar-refractivity contribution >= 4 is 33.6 Å². The Kier molecular flexibility index (Phi) is 6.14. The van der Waals surface area contributed by atoms with E-state index >= 15 is 0 Å². The van der Waals surface area contributed by atoms with Gasteiger partial charge in [-0.25, -0.2) is 14.0 Å². The summed E-state index contributed by atoms with van der Waals surface area (Å²) in [4.78, 5) is 23.0. The van der Waals surface area contributed by atoms with Gasteiger partial charge in [-0.2, -0.15) is 0 Å². The molecule has 1 rings (SSSR count). The van der Waals surface area contributed by atoms with Crippen molar-refractivity contribution in [1.29, 1.82) is 0 Å². The molecule has 5 nitrogen and oxygen atoms in total. The summed E-state index contributed by atoms with van der Waals surface area (Å²) in [7, 11) is 0. The summed E-state index contributed by atoms with van der Waals surface area (Å²) >= 11 is 3.04. The van der Waals surface area contributed by atoms with E-state index in [4.69, 9.17) is 5.11 Å². The van der Waals surface area contributed by atoms with E-state index in [1.807, 2.05) is 13.8 Å². The number of benzene rings is 1. The number of aliphatic carboxylic acids is 1. The highest BCUT2D eigenvalue weighted by molar-refractivity contribution is 9.10. The molecule has 0 aliphatic carbocycles. The Hall–Kier alpha value is -1.63. The summed E-state index contributed by atoms with van der Waals surface area (Å²) in [6, 6.07) is 1.11. The topological polar surface area (TPSA) is 78.4 Å². The first-order valence-electron chi connectivity index (χ1n) is 6.46. The average Bonchev–Trinajstić information content (AvgIpc) is 2.34. The van der Waals surface area contributed by atoms with Crippen molar-refractivity contribution < 1.29 is 19.1 Å². The van der Waals surface area contributed by atoms with Crippen molar-refractivity contribution in [1.82, 2.24) is 5.32 Å². The summed E-state index contributed by atoms with van der Waals surface area (Å²) in [5.74, 6) is -1.38. The zero-order chi connectivity index (χ0) is 16.2. The van der Waals surface area contributed by atoms with Crippen LogP contribution in [0.2, 0.25) is 0 Å². The Morgan fingerprint density at radius 3 is 2.52 bits per heavy atom.